The van der Waals surface area contributed by atoms with E-state index in [9.17, 15) is 13.2 Å². The number of ether oxygens (including phenoxy) is 1. The van der Waals surface area contributed by atoms with Crippen molar-refractivity contribution in [1.82, 2.24) is 4.90 Å². The molecule has 1 aromatic rings. The first-order valence-electron chi connectivity index (χ1n) is 7.08. The summed E-state index contributed by atoms with van der Waals surface area (Å²) >= 11 is 0. The quantitative estimate of drug-likeness (QED) is 0.929. The third-order valence-corrected chi connectivity index (χ3v) is 3.94. The van der Waals surface area contributed by atoms with E-state index in [1.54, 1.807) is 6.07 Å². The number of nitrogens with zero attached hydrogens (tertiary/aromatic N) is 1. The number of likely N-dealkylation sites (N-methyl/N-ethyl adjacent to an activating group) is 1. The fourth-order valence-electron chi connectivity index (χ4n) is 2.64. The van der Waals surface area contributed by atoms with Gasteiger partial charge in [-0.05, 0) is 37.6 Å². The van der Waals surface area contributed by atoms with Gasteiger partial charge in [-0.2, -0.15) is 13.2 Å². The van der Waals surface area contributed by atoms with Crippen molar-refractivity contribution < 1.29 is 17.9 Å². The fraction of sp³-hybridized carbons (Fsp3) is 0.600. The number of alkyl halides is 3. The van der Waals surface area contributed by atoms with Gasteiger partial charge in [0.2, 0.25) is 0 Å². The first-order chi connectivity index (χ1) is 9.88. The van der Waals surface area contributed by atoms with Crippen LogP contribution in [-0.2, 0) is 10.9 Å². The average molecular weight is 302 g/mol. The number of nitrogens with two attached hydrogens (primary N) is 1. The van der Waals surface area contributed by atoms with E-state index < -0.39 is 17.8 Å². The van der Waals surface area contributed by atoms with E-state index in [-0.39, 0.29) is 0 Å². The van der Waals surface area contributed by atoms with Gasteiger partial charge in [0.15, 0.2) is 0 Å². The molecule has 1 heterocycles. The van der Waals surface area contributed by atoms with Crippen LogP contribution in [0.15, 0.2) is 24.3 Å². The molecule has 2 N–H and O–H groups in total. The van der Waals surface area contributed by atoms with Gasteiger partial charge in [-0.3, -0.25) is 0 Å². The van der Waals surface area contributed by atoms with Crippen molar-refractivity contribution in [2.75, 3.05) is 26.8 Å². The van der Waals surface area contributed by atoms with Gasteiger partial charge in [0.05, 0.1) is 5.56 Å². The molecule has 1 fully saturated rings. The van der Waals surface area contributed by atoms with E-state index in [4.69, 9.17) is 10.5 Å². The summed E-state index contributed by atoms with van der Waals surface area (Å²) in [5.74, 6) is 0. The van der Waals surface area contributed by atoms with Crippen LogP contribution in [0.3, 0.4) is 0 Å². The zero-order chi connectivity index (χ0) is 15.5. The third-order valence-electron chi connectivity index (χ3n) is 3.94. The molecule has 1 unspecified atom stereocenters. The van der Waals surface area contributed by atoms with Crippen molar-refractivity contribution in [3.05, 3.63) is 35.4 Å². The average Bonchev–Trinajstić information content (AvgIpc) is 2.47. The van der Waals surface area contributed by atoms with Crippen LogP contribution >= 0.6 is 0 Å². The van der Waals surface area contributed by atoms with Crippen LogP contribution in [-0.4, -0.2) is 37.7 Å². The molecule has 118 valence electrons. The minimum atomic E-state index is -4.33. The van der Waals surface area contributed by atoms with Crippen LogP contribution in [0, 0.1) is 0 Å². The van der Waals surface area contributed by atoms with Crippen LogP contribution in [0.25, 0.3) is 0 Å². The smallest absolute Gasteiger partial charge is 0.381 e. The van der Waals surface area contributed by atoms with Crippen molar-refractivity contribution >= 4 is 0 Å². The molecule has 1 saturated heterocycles. The first-order valence-corrected chi connectivity index (χ1v) is 7.08. The van der Waals surface area contributed by atoms with Crippen molar-refractivity contribution in [3.63, 3.8) is 0 Å². The number of halogens is 3. The van der Waals surface area contributed by atoms with Crippen LogP contribution in [0.4, 0.5) is 13.2 Å². The molecular formula is C15H21F3N2O. The third kappa shape index (κ3) is 4.43. The predicted octanol–water partition coefficient (Wildman–Crippen LogP) is 2.82. The number of benzene rings is 1. The Labute approximate surface area is 122 Å². The normalized spacial score (nSPS) is 19.0. The molecule has 21 heavy (non-hydrogen) atoms. The molecule has 2 rings (SSSR count). The molecular weight excluding hydrogens is 281 g/mol. The summed E-state index contributed by atoms with van der Waals surface area (Å²) in [7, 11) is 1.96. The minimum Gasteiger partial charge on any atom is -0.381 e. The topological polar surface area (TPSA) is 38.5 Å². The van der Waals surface area contributed by atoms with Crippen molar-refractivity contribution in [2.45, 2.75) is 31.1 Å². The van der Waals surface area contributed by atoms with Gasteiger partial charge in [-0.15, -0.1) is 0 Å². The molecule has 0 amide bonds. The van der Waals surface area contributed by atoms with Crippen molar-refractivity contribution in [3.8, 4) is 0 Å². The highest BCUT2D eigenvalue weighted by molar-refractivity contribution is 5.28. The van der Waals surface area contributed by atoms with Gasteiger partial charge in [0.25, 0.3) is 0 Å². The second kappa shape index (κ2) is 6.77. The van der Waals surface area contributed by atoms with Gasteiger partial charge in [-0.1, -0.05) is 12.1 Å². The predicted molar refractivity (Wildman–Crippen MR) is 74.8 cm³/mol. The Hall–Kier alpha value is -1.11. The van der Waals surface area contributed by atoms with E-state index >= 15 is 0 Å². The monoisotopic (exact) mass is 302 g/mol. The Morgan fingerprint density at radius 1 is 1.33 bits per heavy atom. The number of rotatable bonds is 4. The van der Waals surface area contributed by atoms with Crippen LogP contribution in [0.2, 0.25) is 0 Å². The summed E-state index contributed by atoms with van der Waals surface area (Å²) in [5, 5.41) is 0. The maximum Gasteiger partial charge on any atom is 0.416 e. The zero-order valence-corrected chi connectivity index (χ0v) is 12.1. The molecule has 1 aromatic carbocycles. The van der Waals surface area contributed by atoms with E-state index in [1.165, 1.54) is 6.07 Å². The highest BCUT2D eigenvalue weighted by atomic mass is 19.4. The summed E-state index contributed by atoms with van der Waals surface area (Å²) in [6, 6.07) is 5.22. The molecule has 0 bridgehead atoms. The molecule has 0 radical (unpaired) electrons. The summed E-state index contributed by atoms with van der Waals surface area (Å²) in [5.41, 5.74) is 5.94. The molecule has 0 saturated carbocycles. The Bertz CT molecular complexity index is 458. The lowest BCUT2D eigenvalue weighted by atomic mass is 10.0. The first kappa shape index (κ1) is 16.3. The number of hydrogen-bond donors (Lipinski definition) is 1. The summed E-state index contributed by atoms with van der Waals surface area (Å²) in [4.78, 5) is 2.12. The molecule has 1 atom stereocenters. The van der Waals surface area contributed by atoms with Gasteiger partial charge in [0, 0.05) is 31.8 Å². The van der Waals surface area contributed by atoms with E-state index in [1.807, 2.05) is 7.05 Å². The van der Waals surface area contributed by atoms with Gasteiger partial charge < -0.3 is 15.4 Å². The van der Waals surface area contributed by atoms with E-state index in [2.05, 4.69) is 4.90 Å². The lowest BCUT2D eigenvalue weighted by Gasteiger charge is -2.33. The molecule has 1 aliphatic rings. The Kier molecular flexibility index (Phi) is 5.24. The second-order valence-corrected chi connectivity index (χ2v) is 5.51. The Morgan fingerprint density at radius 3 is 2.62 bits per heavy atom. The Balaban J connectivity index is 2.01. The number of hydrogen-bond acceptors (Lipinski definition) is 3. The summed E-state index contributed by atoms with van der Waals surface area (Å²) < 4.78 is 43.5. The molecule has 0 aromatic heterocycles. The highest BCUT2D eigenvalue weighted by Gasteiger charge is 2.31. The zero-order valence-electron chi connectivity index (χ0n) is 12.1. The van der Waals surface area contributed by atoms with Gasteiger partial charge in [0.1, 0.15) is 0 Å². The van der Waals surface area contributed by atoms with Crippen LogP contribution in [0.5, 0.6) is 0 Å². The lowest BCUT2D eigenvalue weighted by Crippen LogP contribution is -2.40. The second-order valence-electron chi connectivity index (χ2n) is 5.51. The fourth-order valence-corrected chi connectivity index (χ4v) is 2.64. The maximum atomic E-state index is 12.7. The standard InChI is InChI=1S/C15H21F3N2O/c1-20(13-5-7-21-8-6-13)10-14(19)11-3-2-4-12(9-11)15(16,17)18/h2-4,9,13-14H,5-8,10,19H2,1H3. The van der Waals surface area contributed by atoms with Gasteiger partial charge in [-0.25, -0.2) is 0 Å². The Morgan fingerprint density at radius 2 is 2.00 bits per heavy atom. The summed E-state index contributed by atoms with van der Waals surface area (Å²) in [6.07, 6.45) is -2.46. The summed E-state index contributed by atoms with van der Waals surface area (Å²) in [6.45, 7) is 1.99. The molecule has 6 heteroatoms. The van der Waals surface area contributed by atoms with Crippen molar-refractivity contribution in [2.24, 2.45) is 5.73 Å². The highest BCUT2D eigenvalue weighted by Crippen LogP contribution is 2.30. The SMILES string of the molecule is CN(CC(N)c1cccc(C(F)(F)F)c1)C1CCOCC1. The molecule has 1 aliphatic heterocycles. The maximum absolute atomic E-state index is 12.7. The molecule has 0 aliphatic carbocycles. The van der Waals surface area contributed by atoms with E-state index in [0.717, 1.165) is 38.2 Å². The minimum absolute atomic E-state index is 0.385. The van der Waals surface area contributed by atoms with Gasteiger partial charge >= 0.3 is 6.18 Å². The molecule has 3 nitrogen and oxygen atoms in total. The largest absolute Gasteiger partial charge is 0.416 e. The van der Waals surface area contributed by atoms with E-state index in [0.29, 0.717) is 18.2 Å². The van der Waals surface area contributed by atoms with Crippen LogP contribution in [0.1, 0.15) is 30.0 Å². The van der Waals surface area contributed by atoms with Crippen molar-refractivity contribution in [1.29, 1.82) is 0 Å². The van der Waals surface area contributed by atoms with Crippen LogP contribution < -0.4 is 5.73 Å². The lowest BCUT2D eigenvalue weighted by molar-refractivity contribution is -0.137. The molecule has 0 spiro atoms.